The maximum absolute atomic E-state index is 12.1. The molecule has 6 heteroatoms. The number of hydrogen-bond acceptors (Lipinski definition) is 4. The molecule has 0 spiro atoms. The lowest BCUT2D eigenvalue weighted by atomic mass is 10.1. The molecule has 1 aromatic heterocycles. The molecular weight excluding hydrogens is 278 g/mol. The number of rotatable bonds is 1. The molecule has 5 nitrogen and oxygen atoms in total. The van der Waals surface area contributed by atoms with Gasteiger partial charge in [0.2, 0.25) is 0 Å². The Morgan fingerprint density at radius 3 is 2.85 bits per heavy atom. The highest BCUT2D eigenvalue weighted by Gasteiger charge is 2.28. The van der Waals surface area contributed by atoms with Gasteiger partial charge in [0.15, 0.2) is 0 Å². The minimum absolute atomic E-state index is 0.00790. The fraction of sp³-hybridized carbons (Fsp3) is 0.571. The zero-order valence-corrected chi connectivity index (χ0v) is 12.8. The van der Waals surface area contributed by atoms with E-state index in [4.69, 9.17) is 16.3 Å². The van der Waals surface area contributed by atoms with Crippen LogP contribution in [0, 0.1) is 0 Å². The Hall–Kier alpha value is -1.33. The number of piperazine rings is 1. The van der Waals surface area contributed by atoms with Crippen LogP contribution in [-0.2, 0) is 4.74 Å². The molecule has 0 bridgehead atoms. The van der Waals surface area contributed by atoms with Crippen molar-refractivity contribution < 1.29 is 9.53 Å². The topological polar surface area (TPSA) is 54.5 Å². The SMILES string of the molecule is CC(C)(C)OC(=O)N1CCNC(c2ccc(Cl)cn2)C1. The number of carbonyl (C=O) groups is 1. The molecule has 1 unspecified atom stereocenters. The average molecular weight is 298 g/mol. The number of halogens is 1. The third kappa shape index (κ3) is 4.08. The largest absolute Gasteiger partial charge is 0.444 e. The number of nitrogens with one attached hydrogen (secondary N) is 1. The molecule has 0 aromatic carbocycles. The van der Waals surface area contributed by atoms with E-state index in [-0.39, 0.29) is 12.1 Å². The molecule has 1 atom stereocenters. The van der Waals surface area contributed by atoms with Gasteiger partial charge in [0.05, 0.1) is 16.8 Å². The highest BCUT2D eigenvalue weighted by Crippen LogP contribution is 2.19. The van der Waals surface area contributed by atoms with E-state index in [0.29, 0.717) is 24.7 Å². The number of pyridine rings is 1. The number of carbonyl (C=O) groups excluding carboxylic acids is 1. The molecule has 0 aliphatic carbocycles. The van der Waals surface area contributed by atoms with Crippen LogP contribution in [0.3, 0.4) is 0 Å². The first kappa shape index (κ1) is 15.1. The van der Waals surface area contributed by atoms with E-state index in [1.807, 2.05) is 26.8 Å². The van der Waals surface area contributed by atoms with Gasteiger partial charge in [-0.25, -0.2) is 4.79 Å². The van der Waals surface area contributed by atoms with E-state index in [2.05, 4.69) is 10.3 Å². The minimum atomic E-state index is -0.476. The van der Waals surface area contributed by atoms with Crippen molar-refractivity contribution in [3.8, 4) is 0 Å². The molecule has 0 saturated carbocycles. The molecular formula is C14H20ClN3O2. The molecule has 1 saturated heterocycles. The predicted octanol–water partition coefficient (Wildman–Crippen LogP) is 2.62. The van der Waals surface area contributed by atoms with Gasteiger partial charge in [-0.1, -0.05) is 11.6 Å². The minimum Gasteiger partial charge on any atom is -0.444 e. The van der Waals surface area contributed by atoms with Crippen molar-refractivity contribution in [1.29, 1.82) is 0 Å². The number of nitrogens with zero attached hydrogens (tertiary/aromatic N) is 2. The summed E-state index contributed by atoms with van der Waals surface area (Å²) >= 11 is 5.83. The second-order valence-corrected chi connectivity index (χ2v) is 6.27. The average Bonchev–Trinajstić information content (AvgIpc) is 2.38. The maximum atomic E-state index is 12.1. The molecule has 1 aliphatic heterocycles. The first-order valence-electron chi connectivity index (χ1n) is 6.68. The van der Waals surface area contributed by atoms with Crippen LogP contribution in [0.1, 0.15) is 32.5 Å². The maximum Gasteiger partial charge on any atom is 0.410 e. The first-order chi connectivity index (χ1) is 9.35. The molecule has 110 valence electrons. The smallest absolute Gasteiger partial charge is 0.410 e. The van der Waals surface area contributed by atoms with Crippen LogP contribution in [-0.4, -0.2) is 41.2 Å². The van der Waals surface area contributed by atoms with Crippen molar-refractivity contribution in [1.82, 2.24) is 15.2 Å². The lowest BCUT2D eigenvalue weighted by Crippen LogP contribution is -2.49. The van der Waals surface area contributed by atoms with Crippen LogP contribution in [0.5, 0.6) is 0 Å². The van der Waals surface area contributed by atoms with Gasteiger partial charge < -0.3 is 15.0 Å². The van der Waals surface area contributed by atoms with E-state index < -0.39 is 5.60 Å². The number of aromatic nitrogens is 1. The highest BCUT2D eigenvalue weighted by molar-refractivity contribution is 6.30. The van der Waals surface area contributed by atoms with Crippen molar-refractivity contribution in [3.63, 3.8) is 0 Å². The molecule has 2 heterocycles. The number of amides is 1. The number of ether oxygens (including phenoxy) is 1. The standard InChI is InChI=1S/C14H20ClN3O2/c1-14(2,3)20-13(19)18-7-6-16-12(9-18)11-5-4-10(15)8-17-11/h4-5,8,12,16H,6-7,9H2,1-3H3. The van der Waals surface area contributed by atoms with Crippen molar-refractivity contribution in [2.24, 2.45) is 0 Å². The normalized spacial score (nSPS) is 19.8. The zero-order valence-electron chi connectivity index (χ0n) is 12.0. The van der Waals surface area contributed by atoms with Crippen LogP contribution >= 0.6 is 11.6 Å². The Kier molecular flexibility index (Phi) is 4.50. The summed E-state index contributed by atoms with van der Waals surface area (Å²) in [5, 5.41) is 3.95. The zero-order chi connectivity index (χ0) is 14.8. The Morgan fingerprint density at radius 1 is 1.50 bits per heavy atom. The summed E-state index contributed by atoms with van der Waals surface area (Å²) in [7, 11) is 0. The lowest BCUT2D eigenvalue weighted by Gasteiger charge is -2.34. The molecule has 1 aromatic rings. The van der Waals surface area contributed by atoms with E-state index in [1.54, 1.807) is 17.2 Å². The van der Waals surface area contributed by atoms with Gasteiger partial charge in [-0.2, -0.15) is 0 Å². The van der Waals surface area contributed by atoms with E-state index in [0.717, 1.165) is 5.69 Å². The quantitative estimate of drug-likeness (QED) is 0.866. The summed E-state index contributed by atoms with van der Waals surface area (Å²) in [4.78, 5) is 18.1. The summed E-state index contributed by atoms with van der Waals surface area (Å²) in [6, 6.07) is 3.69. The summed E-state index contributed by atoms with van der Waals surface area (Å²) in [5.41, 5.74) is 0.401. The summed E-state index contributed by atoms with van der Waals surface area (Å²) < 4.78 is 5.40. The molecule has 0 radical (unpaired) electrons. The van der Waals surface area contributed by atoms with Crippen molar-refractivity contribution >= 4 is 17.7 Å². The van der Waals surface area contributed by atoms with Crippen LogP contribution in [0.2, 0.25) is 5.02 Å². The molecule has 1 N–H and O–H groups in total. The van der Waals surface area contributed by atoms with Crippen LogP contribution < -0.4 is 5.32 Å². The Morgan fingerprint density at radius 2 is 2.25 bits per heavy atom. The van der Waals surface area contributed by atoms with Gasteiger partial charge in [0, 0.05) is 25.8 Å². The third-order valence-electron chi connectivity index (χ3n) is 2.93. The van der Waals surface area contributed by atoms with E-state index >= 15 is 0 Å². The van der Waals surface area contributed by atoms with E-state index in [9.17, 15) is 4.79 Å². The summed E-state index contributed by atoms with van der Waals surface area (Å²) in [6.45, 7) is 7.50. The van der Waals surface area contributed by atoms with Crippen molar-refractivity contribution in [2.45, 2.75) is 32.4 Å². The highest BCUT2D eigenvalue weighted by atomic mass is 35.5. The third-order valence-corrected chi connectivity index (χ3v) is 3.16. The van der Waals surface area contributed by atoms with E-state index in [1.165, 1.54) is 0 Å². The predicted molar refractivity (Wildman–Crippen MR) is 77.8 cm³/mol. The first-order valence-corrected chi connectivity index (χ1v) is 7.06. The monoisotopic (exact) mass is 297 g/mol. The Balaban J connectivity index is 2.01. The van der Waals surface area contributed by atoms with Gasteiger partial charge in [-0.05, 0) is 32.9 Å². The Bertz CT molecular complexity index is 470. The van der Waals surface area contributed by atoms with Gasteiger partial charge in [0.1, 0.15) is 5.60 Å². The molecule has 20 heavy (non-hydrogen) atoms. The molecule has 2 rings (SSSR count). The molecule has 1 fully saturated rings. The molecule has 1 amide bonds. The van der Waals surface area contributed by atoms with Crippen molar-refractivity contribution in [3.05, 3.63) is 29.0 Å². The molecule has 1 aliphatic rings. The summed E-state index contributed by atoms with van der Waals surface area (Å²) in [6.07, 6.45) is 1.34. The fourth-order valence-electron chi connectivity index (χ4n) is 2.03. The second kappa shape index (κ2) is 5.97. The van der Waals surface area contributed by atoms with Crippen LogP contribution in [0.25, 0.3) is 0 Å². The summed E-state index contributed by atoms with van der Waals surface area (Å²) in [5.74, 6) is 0. The second-order valence-electron chi connectivity index (χ2n) is 5.83. The lowest BCUT2D eigenvalue weighted by molar-refractivity contribution is 0.0194. The van der Waals surface area contributed by atoms with Gasteiger partial charge in [-0.3, -0.25) is 4.98 Å². The van der Waals surface area contributed by atoms with Crippen LogP contribution in [0.15, 0.2) is 18.3 Å². The fourth-order valence-corrected chi connectivity index (χ4v) is 2.15. The van der Waals surface area contributed by atoms with Gasteiger partial charge in [-0.15, -0.1) is 0 Å². The van der Waals surface area contributed by atoms with Crippen molar-refractivity contribution in [2.75, 3.05) is 19.6 Å². The van der Waals surface area contributed by atoms with Gasteiger partial charge in [0.25, 0.3) is 0 Å². The van der Waals surface area contributed by atoms with Crippen LogP contribution in [0.4, 0.5) is 4.79 Å². The Labute approximate surface area is 124 Å². The number of hydrogen-bond donors (Lipinski definition) is 1. The van der Waals surface area contributed by atoms with Gasteiger partial charge >= 0.3 is 6.09 Å².